The Balaban J connectivity index is 2.26. The summed E-state index contributed by atoms with van der Waals surface area (Å²) in [7, 11) is 0. The van der Waals surface area contributed by atoms with Crippen molar-refractivity contribution >= 4 is 5.97 Å². The molecular weight excluding hydrogens is 877 g/mol. The van der Waals surface area contributed by atoms with Crippen molar-refractivity contribution in [2.75, 3.05) is 26.4 Å². The maximum absolute atomic E-state index is 12.8. The van der Waals surface area contributed by atoms with Crippen LogP contribution in [0.5, 0.6) is 0 Å². The van der Waals surface area contributed by atoms with Gasteiger partial charge in [0.25, 0.3) is 0 Å². The molecule has 6 atom stereocenters. The fourth-order valence-corrected chi connectivity index (χ4v) is 7.14. The molecule has 0 aromatic rings. The number of aliphatic hydroxyl groups is 4. The largest absolute Gasteiger partial charge is 0.457 e. The van der Waals surface area contributed by atoms with Crippen molar-refractivity contribution in [3.05, 3.63) is 146 Å². The van der Waals surface area contributed by atoms with Gasteiger partial charge in [-0.2, -0.15) is 0 Å². The van der Waals surface area contributed by atoms with E-state index in [2.05, 4.69) is 160 Å². The van der Waals surface area contributed by atoms with E-state index in [0.29, 0.717) is 13.0 Å². The molecule has 1 rings (SSSR count). The van der Waals surface area contributed by atoms with Crippen LogP contribution in [0, 0.1) is 0 Å². The van der Waals surface area contributed by atoms with Crippen molar-refractivity contribution in [3.63, 3.8) is 0 Å². The van der Waals surface area contributed by atoms with Gasteiger partial charge in [-0.05, 0) is 116 Å². The molecule has 0 aromatic carbocycles. The van der Waals surface area contributed by atoms with Crippen LogP contribution in [0.15, 0.2) is 146 Å². The van der Waals surface area contributed by atoms with Gasteiger partial charge in [-0.3, -0.25) is 4.79 Å². The van der Waals surface area contributed by atoms with Crippen LogP contribution in [0.25, 0.3) is 0 Å². The summed E-state index contributed by atoms with van der Waals surface area (Å²) in [5.41, 5.74) is 0. The first-order valence-corrected chi connectivity index (χ1v) is 26.9. The fraction of sp³-hybridized carbons (Fsp3) is 0.590. The van der Waals surface area contributed by atoms with Gasteiger partial charge in [0.05, 0.1) is 19.8 Å². The Morgan fingerprint density at radius 1 is 0.457 bits per heavy atom. The van der Waals surface area contributed by atoms with Crippen LogP contribution >= 0.6 is 0 Å². The zero-order valence-electron chi connectivity index (χ0n) is 43.4. The third-order valence-corrected chi connectivity index (χ3v) is 11.3. The predicted molar refractivity (Wildman–Crippen MR) is 292 cm³/mol. The lowest BCUT2D eigenvalue weighted by atomic mass is 9.99. The first-order valence-electron chi connectivity index (χ1n) is 26.9. The normalized spacial score (nSPS) is 20.1. The molecule has 394 valence electrons. The van der Waals surface area contributed by atoms with Gasteiger partial charge in [-0.1, -0.05) is 192 Å². The van der Waals surface area contributed by atoms with Crippen LogP contribution in [-0.2, 0) is 23.7 Å². The molecule has 0 spiro atoms. The van der Waals surface area contributed by atoms with Crippen molar-refractivity contribution in [1.82, 2.24) is 0 Å². The van der Waals surface area contributed by atoms with E-state index in [1.165, 1.54) is 25.7 Å². The summed E-state index contributed by atoms with van der Waals surface area (Å²) in [5, 5.41) is 40.3. The Labute approximate surface area is 425 Å². The molecule has 0 bridgehead atoms. The summed E-state index contributed by atoms with van der Waals surface area (Å²) in [6, 6.07) is 0. The molecule has 6 unspecified atom stereocenters. The third-order valence-electron chi connectivity index (χ3n) is 11.3. The first kappa shape index (κ1) is 64.1. The number of unbranched alkanes of at least 4 members (excludes halogenated alkanes) is 9. The van der Waals surface area contributed by atoms with E-state index in [0.717, 1.165) is 116 Å². The number of esters is 1. The van der Waals surface area contributed by atoms with Crippen molar-refractivity contribution in [2.45, 2.75) is 205 Å². The van der Waals surface area contributed by atoms with E-state index in [-0.39, 0.29) is 25.6 Å². The molecule has 0 saturated carbocycles. The predicted octanol–water partition coefficient (Wildman–Crippen LogP) is 13.8. The summed E-state index contributed by atoms with van der Waals surface area (Å²) in [6.45, 7) is 4.22. The first-order chi connectivity index (χ1) is 34.4. The van der Waals surface area contributed by atoms with Gasteiger partial charge in [0.15, 0.2) is 6.29 Å². The molecule has 9 nitrogen and oxygen atoms in total. The average molecular weight is 973 g/mol. The Bertz CT molecular complexity index is 1580. The monoisotopic (exact) mass is 973 g/mol. The minimum atomic E-state index is -1.56. The quantitative estimate of drug-likeness (QED) is 0.0267. The lowest BCUT2D eigenvalue weighted by Gasteiger charge is -2.39. The van der Waals surface area contributed by atoms with Gasteiger partial charge in [0, 0.05) is 13.0 Å². The average Bonchev–Trinajstić information content (AvgIpc) is 3.36. The maximum atomic E-state index is 12.8. The molecule has 1 aliphatic heterocycles. The minimum absolute atomic E-state index is 0.107. The highest BCUT2D eigenvalue weighted by Crippen LogP contribution is 2.22. The van der Waals surface area contributed by atoms with Crippen molar-refractivity contribution in [2.24, 2.45) is 0 Å². The summed E-state index contributed by atoms with van der Waals surface area (Å²) in [6.07, 6.45) is 68.8. The molecule has 9 heteroatoms. The van der Waals surface area contributed by atoms with Crippen molar-refractivity contribution < 1.29 is 44.2 Å². The highest BCUT2D eigenvalue weighted by molar-refractivity contribution is 5.69. The summed E-state index contributed by atoms with van der Waals surface area (Å²) in [4.78, 5) is 12.8. The van der Waals surface area contributed by atoms with Crippen LogP contribution in [0.2, 0.25) is 0 Å². The van der Waals surface area contributed by atoms with E-state index in [1.54, 1.807) is 0 Å². The summed E-state index contributed by atoms with van der Waals surface area (Å²) < 4.78 is 22.9. The number of hydrogen-bond donors (Lipinski definition) is 4. The maximum Gasteiger partial charge on any atom is 0.306 e. The van der Waals surface area contributed by atoms with Gasteiger partial charge in [-0.25, -0.2) is 0 Å². The molecule has 1 heterocycles. The molecule has 0 amide bonds. The third kappa shape index (κ3) is 39.8. The van der Waals surface area contributed by atoms with Crippen LogP contribution in [0.4, 0.5) is 0 Å². The number of hydrogen-bond acceptors (Lipinski definition) is 9. The molecule has 0 aliphatic carbocycles. The lowest BCUT2D eigenvalue weighted by molar-refractivity contribution is -0.305. The molecule has 0 aromatic heterocycles. The number of ether oxygens (including phenoxy) is 4. The van der Waals surface area contributed by atoms with E-state index >= 15 is 0 Å². The molecular formula is C61H96O9. The number of aliphatic hydroxyl groups excluding tert-OH is 4. The van der Waals surface area contributed by atoms with Gasteiger partial charge in [0.1, 0.15) is 30.5 Å². The second-order valence-corrected chi connectivity index (χ2v) is 17.6. The highest BCUT2D eigenvalue weighted by Gasteiger charge is 2.44. The number of rotatable bonds is 44. The SMILES string of the molecule is CC/C=C\C/C=C\C/C=C\C/C=C\C/C=C\C/C=C\CCCCCCCCCOCC(COC1OC(CO)C(O)C(O)C1O)OC(=O)CCCC/C=C\C/C=C\C/C=C\C/C=C\C/C=C\C/C=C\CC. The number of allylic oxidation sites excluding steroid dienone is 24. The molecule has 70 heavy (non-hydrogen) atoms. The Morgan fingerprint density at radius 2 is 0.829 bits per heavy atom. The second-order valence-electron chi connectivity index (χ2n) is 17.6. The van der Waals surface area contributed by atoms with Crippen molar-refractivity contribution in [1.29, 1.82) is 0 Å². The van der Waals surface area contributed by atoms with Gasteiger partial charge in [-0.15, -0.1) is 0 Å². The molecule has 4 N–H and O–H groups in total. The standard InChI is InChI=1S/C61H96O9/c1-3-5-7-9-11-13-15-17-19-21-23-25-26-27-28-29-31-33-35-37-39-41-43-45-47-49-51-67-53-55(54-68-61-60(66)59(65)58(64)56(52-62)70-61)69-57(63)50-48-46-44-42-40-38-36-34-32-30-24-22-20-18-16-14-12-10-8-6-4-2/h5-8,11-14,17-20,23-25,27-28,30-31,33-34,36,40,42,55-56,58-62,64-66H,3-4,9-10,15-16,21-22,26,29,32,35,37-39,41,43-54H2,1-2H3/b7-5-,8-6-,13-11-,14-12-,19-17-,20-18-,25-23-,28-27-,30-24-,33-31-,36-34-,42-40-. The minimum Gasteiger partial charge on any atom is -0.457 e. The molecule has 1 fully saturated rings. The highest BCUT2D eigenvalue weighted by atomic mass is 16.7. The topological polar surface area (TPSA) is 135 Å². The van der Waals surface area contributed by atoms with Crippen LogP contribution in [0.1, 0.15) is 168 Å². The van der Waals surface area contributed by atoms with Crippen LogP contribution < -0.4 is 0 Å². The number of carbonyl (C=O) groups is 1. The van der Waals surface area contributed by atoms with E-state index in [9.17, 15) is 25.2 Å². The molecule has 1 saturated heterocycles. The zero-order valence-corrected chi connectivity index (χ0v) is 43.4. The fourth-order valence-electron chi connectivity index (χ4n) is 7.14. The van der Waals surface area contributed by atoms with E-state index < -0.39 is 43.4 Å². The van der Waals surface area contributed by atoms with Crippen molar-refractivity contribution in [3.8, 4) is 0 Å². The lowest BCUT2D eigenvalue weighted by Crippen LogP contribution is -2.59. The number of carbonyl (C=O) groups excluding carboxylic acids is 1. The zero-order chi connectivity index (χ0) is 50.6. The molecule has 1 aliphatic rings. The Morgan fingerprint density at radius 3 is 1.24 bits per heavy atom. The Kier molecular flexibility index (Phi) is 45.8. The Hall–Kier alpha value is -3.93. The van der Waals surface area contributed by atoms with Gasteiger partial charge < -0.3 is 39.4 Å². The second kappa shape index (κ2) is 50.0. The summed E-state index contributed by atoms with van der Waals surface area (Å²) >= 11 is 0. The van der Waals surface area contributed by atoms with Gasteiger partial charge >= 0.3 is 5.97 Å². The van der Waals surface area contributed by atoms with Gasteiger partial charge in [0.2, 0.25) is 0 Å². The molecule has 0 radical (unpaired) electrons. The smallest absolute Gasteiger partial charge is 0.306 e. The van der Waals surface area contributed by atoms with E-state index in [1.807, 2.05) is 0 Å². The van der Waals surface area contributed by atoms with Crippen LogP contribution in [0.3, 0.4) is 0 Å². The van der Waals surface area contributed by atoms with E-state index in [4.69, 9.17) is 18.9 Å². The van der Waals surface area contributed by atoms with Crippen LogP contribution in [-0.4, -0.2) is 89.6 Å². The summed E-state index contributed by atoms with van der Waals surface area (Å²) in [5.74, 6) is -0.366.